The van der Waals surface area contributed by atoms with Crippen molar-refractivity contribution in [3.63, 3.8) is 0 Å². The van der Waals surface area contributed by atoms with Crippen LogP contribution in [0.5, 0.6) is 5.75 Å². The van der Waals surface area contributed by atoms with Gasteiger partial charge >= 0.3 is 34.4 Å². The second kappa shape index (κ2) is 12.0. The van der Waals surface area contributed by atoms with E-state index in [4.69, 9.17) is 20.8 Å². The number of amides is 1. The molecule has 13 heteroatoms. The van der Waals surface area contributed by atoms with E-state index in [0.717, 1.165) is 22.1 Å². The molecule has 1 aliphatic heterocycles. The Morgan fingerprint density at radius 3 is 2.58 bits per heavy atom. The van der Waals surface area contributed by atoms with Crippen LogP contribution in [0.15, 0.2) is 56.5 Å². The van der Waals surface area contributed by atoms with Crippen LogP contribution in [-0.4, -0.2) is 65.6 Å². The van der Waals surface area contributed by atoms with Crippen molar-refractivity contribution in [2.75, 3.05) is 39.3 Å². The molecule has 0 unspecified atom stereocenters. The SMILES string of the molecule is O=C([O-])c1cc(=O)c2c(OCCN3CCN(C(=O)Cn4c(=O)sc5ccc(Cl)cc54)CC3)cccc2o1.[Na+]. The van der Waals surface area contributed by atoms with Gasteiger partial charge in [-0.25, -0.2) is 0 Å². The predicted molar refractivity (Wildman–Crippen MR) is 136 cm³/mol. The predicted octanol–water partition coefficient (Wildman–Crippen LogP) is -1.59. The zero-order valence-electron chi connectivity index (χ0n) is 20.5. The molecule has 0 atom stereocenters. The first kappa shape index (κ1) is 28.3. The number of ether oxygens (including phenoxy) is 1. The van der Waals surface area contributed by atoms with Gasteiger partial charge in [-0.15, -0.1) is 0 Å². The van der Waals surface area contributed by atoms with Gasteiger partial charge in [-0.1, -0.05) is 29.0 Å². The number of benzene rings is 2. The molecule has 1 aliphatic rings. The van der Waals surface area contributed by atoms with Crippen molar-refractivity contribution in [2.24, 2.45) is 0 Å². The molecule has 5 rings (SSSR count). The third kappa shape index (κ3) is 5.98. The summed E-state index contributed by atoms with van der Waals surface area (Å²) in [5.41, 5.74) is 0.240. The van der Waals surface area contributed by atoms with Crippen LogP contribution in [0, 0.1) is 0 Å². The van der Waals surface area contributed by atoms with Crippen molar-refractivity contribution in [3.8, 4) is 5.75 Å². The van der Waals surface area contributed by atoms with Crippen molar-refractivity contribution in [2.45, 2.75) is 6.54 Å². The van der Waals surface area contributed by atoms with Crippen LogP contribution in [0.2, 0.25) is 5.02 Å². The number of halogens is 1. The van der Waals surface area contributed by atoms with Gasteiger partial charge in [0.1, 0.15) is 35.8 Å². The average molecular weight is 566 g/mol. The summed E-state index contributed by atoms with van der Waals surface area (Å²) < 4.78 is 13.3. The maximum absolute atomic E-state index is 12.9. The Morgan fingerprint density at radius 2 is 1.84 bits per heavy atom. The minimum Gasteiger partial charge on any atom is -0.542 e. The summed E-state index contributed by atoms with van der Waals surface area (Å²) in [4.78, 5) is 52.4. The van der Waals surface area contributed by atoms with Gasteiger partial charge in [0, 0.05) is 43.8 Å². The van der Waals surface area contributed by atoms with Gasteiger partial charge in [0.2, 0.25) is 5.91 Å². The van der Waals surface area contributed by atoms with E-state index in [1.807, 2.05) is 0 Å². The molecule has 1 fully saturated rings. The zero-order valence-corrected chi connectivity index (χ0v) is 24.0. The van der Waals surface area contributed by atoms with Gasteiger partial charge in [0.25, 0.3) is 0 Å². The number of hydrogen-bond donors (Lipinski definition) is 0. The Morgan fingerprint density at radius 1 is 1.08 bits per heavy atom. The van der Waals surface area contributed by atoms with Crippen molar-refractivity contribution in [1.29, 1.82) is 0 Å². The molecule has 0 bridgehead atoms. The molecule has 0 saturated carbocycles. The van der Waals surface area contributed by atoms with E-state index >= 15 is 0 Å². The van der Waals surface area contributed by atoms with Gasteiger partial charge in [-0.05, 0) is 30.3 Å². The van der Waals surface area contributed by atoms with E-state index in [2.05, 4.69) is 4.90 Å². The summed E-state index contributed by atoms with van der Waals surface area (Å²) >= 11 is 7.16. The Kier molecular flexibility index (Phi) is 8.96. The second-order valence-corrected chi connectivity index (χ2v) is 9.96. The summed E-state index contributed by atoms with van der Waals surface area (Å²) in [6, 6.07) is 10.8. The first-order chi connectivity index (χ1) is 17.8. The van der Waals surface area contributed by atoms with Gasteiger partial charge in [0.05, 0.1) is 10.2 Å². The molecule has 0 aliphatic carbocycles. The van der Waals surface area contributed by atoms with Gasteiger partial charge in [-0.2, -0.15) is 0 Å². The number of carbonyl (C=O) groups excluding carboxylic acids is 2. The first-order valence-corrected chi connectivity index (χ1v) is 12.7. The molecular weight excluding hydrogens is 545 g/mol. The summed E-state index contributed by atoms with van der Waals surface area (Å²) in [6.07, 6.45) is 0. The minimum atomic E-state index is -1.57. The van der Waals surface area contributed by atoms with E-state index in [-0.39, 0.29) is 64.5 Å². The number of carboxylic acid groups (broad SMARTS) is 1. The quantitative estimate of drug-likeness (QED) is 0.246. The molecule has 2 aromatic carbocycles. The van der Waals surface area contributed by atoms with Crippen LogP contribution in [0.25, 0.3) is 21.2 Å². The van der Waals surface area contributed by atoms with E-state index in [0.29, 0.717) is 49.0 Å². The molecule has 192 valence electrons. The summed E-state index contributed by atoms with van der Waals surface area (Å²) in [7, 11) is 0. The van der Waals surface area contributed by atoms with Gasteiger partial charge in [-0.3, -0.25) is 23.9 Å². The summed E-state index contributed by atoms with van der Waals surface area (Å²) in [5.74, 6) is -1.93. The van der Waals surface area contributed by atoms with E-state index < -0.39 is 17.2 Å². The number of hydrogen-bond acceptors (Lipinski definition) is 9. The van der Waals surface area contributed by atoms with Crippen LogP contribution in [0.4, 0.5) is 0 Å². The largest absolute Gasteiger partial charge is 1.00 e. The van der Waals surface area contributed by atoms with Crippen molar-refractivity contribution in [3.05, 3.63) is 73.1 Å². The molecule has 0 spiro atoms. The van der Waals surface area contributed by atoms with E-state index in [1.165, 1.54) is 10.6 Å². The Hall–Kier alpha value is -2.67. The van der Waals surface area contributed by atoms with Gasteiger partial charge in [0.15, 0.2) is 11.2 Å². The van der Waals surface area contributed by atoms with Crippen LogP contribution >= 0.6 is 22.9 Å². The summed E-state index contributed by atoms with van der Waals surface area (Å²) in [6.45, 7) is 3.10. The fourth-order valence-corrected chi connectivity index (χ4v) is 5.36. The number of carboxylic acids is 1. The molecule has 4 aromatic rings. The van der Waals surface area contributed by atoms with Crippen LogP contribution < -0.4 is 49.7 Å². The van der Waals surface area contributed by atoms with Crippen molar-refractivity contribution < 1.29 is 53.4 Å². The van der Waals surface area contributed by atoms with E-state index in [9.17, 15) is 24.3 Å². The normalized spacial score (nSPS) is 14.0. The first-order valence-electron chi connectivity index (χ1n) is 11.5. The van der Waals surface area contributed by atoms with Crippen LogP contribution in [0.3, 0.4) is 0 Å². The Bertz CT molecular complexity index is 1630. The molecule has 0 N–H and O–H groups in total. The zero-order chi connectivity index (χ0) is 26.1. The van der Waals surface area contributed by atoms with Crippen LogP contribution in [0.1, 0.15) is 10.6 Å². The van der Waals surface area contributed by atoms with Crippen LogP contribution in [-0.2, 0) is 11.3 Å². The smallest absolute Gasteiger partial charge is 0.542 e. The monoisotopic (exact) mass is 565 g/mol. The number of fused-ring (bicyclic) bond motifs is 2. The van der Waals surface area contributed by atoms with Crippen molar-refractivity contribution >= 4 is 56.0 Å². The number of nitrogens with zero attached hydrogens (tertiary/aromatic N) is 3. The third-order valence-electron chi connectivity index (χ3n) is 6.23. The molecule has 10 nitrogen and oxygen atoms in total. The van der Waals surface area contributed by atoms with Crippen molar-refractivity contribution in [1.82, 2.24) is 14.4 Å². The molecule has 1 amide bonds. The number of piperazine rings is 1. The third-order valence-corrected chi connectivity index (χ3v) is 7.43. The Labute approximate surface area is 247 Å². The van der Waals surface area contributed by atoms with Gasteiger partial charge < -0.3 is 24.0 Å². The fourth-order valence-electron chi connectivity index (χ4n) is 4.32. The molecule has 0 radical (unpaired) electrons. The number of rotatable bonds is 7. The topological polar surface area (TPSA) is 125 Å². The maximum Gasteiger partial charge on any atom is 1.00 e. The number of carbonyl (C=O) groups is 2. The second-order valence-electron chi connectivity index (χ2n) is 8.53. The number of aromatic nitrogens is 1. The molecular formula is C25H21ClN3NaO7S. The standard InChI is InChI=1S/C25H22ClN3O7S.Na/c26-15-4-5-21-16(12-15)29(25(34)37-21)14-22(31)28-8-6-27(7-9-28)10-11-35-18-2-1-3-19-23(18)17(30)13-20(36-19)24(32)33;/h1-5,12-13H,6-11,14H2,(H,32,33);/q;+1/p-1. The molecule has 2 aromatic heterocycles. The maximum atomic E-state index is 12.9. The fraction of sp³-hybridized carbons (Fsp3) is 0.280. The molecule has 1 saturated heterocycles. The molecule has 38 heavy (non-hydrogen) atoms. The summed E-state index contributed by atoms with van der Waals surface area (Å²) in [5, 5.41) is 11.7. The molecule has 3 heterocycles. The van der Waals surface area contributed by atoms with E-state index in [1.54, 1.807) is 35.2 Å². The minimum absolute atomic E-state index is 0. The number of thiazole rings is 1. The average Bonchev–Trinajstić information content (AvgIpc) is 3.18. The Balaban J connectivity index is 0.00000336. The number of aromatic carboxylic acids is 1.